The molecule has 0 aliphatic heterocycles. The van der Waals surface area contributed by atoms with Gasteiger partial charge in [-0.1, -0.05) is 35.5 Å². The van der Waals surface area contributed by atoms with Gasteiger partial charge >= 0.3 is 5.97 Å². The number of carbonyl (C=O) groups excluding carboxylic acids is 2. The first-order chi connectivity index (χ1) is 13.2. The van der Waals surface area contributed by atoms with Crippen LogP contribution in [0.15, 0.2) is 29.3 Å². The zero-order valence-electron chi connectivity index (χ0n) is 15.2. The Bertz CT molecular complexity index is 1040. The van der Waals surface area contributed by atoms with E-state index in [1.807, 2.05) is 12.1 Å². The number of hydrogen-bond acceptors (Lipinski definition) is 8. The highest BCUT2D eigenvalue weighted by atomic mass is 35.5. The van der Waals surface area contributed by atoms with Gasteiger partial charge in [-0.05, 0) is 31.5 Å². The maximum atomic E-state index is 12.3. The molecule has 142 valence electrons. The van der Waals surface area contributed by atoms with E-state index in [2.05, 4.69) is 9.72 Å². The van der Waals surface area contributed by atoms with E-state index in [1.54, 1.807) is 24.3 Å². The van der Waals surface area contributed by atoms with E-state index >= 15 is 0 Å². The average Bonchev–Trinajstić information content (AvgIpc) is 2.66. The SMILES string of the molecule is COC(=O)C(=O)C(C)(C)Sc1nc(N)c(C#N)c(-c2ccc(Cl)cc2)c1C#N. The molecule has 0 atom stereocenters. The minimum atomic E-state index is -1.27. The Morgan fingerprint density at radius 3 is 2.25 bits per heavy atom. The van der Waals surface area contributed by atoms with Crippen molar-refractivity contribution in [2.45, 2.75) is 23.6 Å². The van der Waals surface area contributed by atoms with Crippen molar-refractivity contribution in [3.05, 3.63) is 40.4 Å². The van der Waals surface area contributed by atoms with Crippen LogP contribution in [0.1, 0.15) is 25.0 Å². The summed E-state index contributed by atoms with van der Waals surface area (Å²) in [7, 11) is 1.11. The fraction of sp³-hybridized carbons (Fsp3) is 0.211. The number of ketones is 1. The Morgan fingerprint density at radius 2 is 1.75 bits per heavy atom. The number of Topliss-reactive ketones (excluding diaryl/α,β-unsaturated/α-hetero) is 1. The number of aromatic nitrogens is 1. The number of ether oxygens (including phenoxy) is 1. The van der Waals surface area contributed by atoms with Crippen LogP contribution in [0.3, 0.4) is 0 Å². The van der Waals surface area contributed by atoms with Crippen LogP contribution in [0.25, 0.3) is 11.1 Å². The number of methoxy groups -OCH3 is 1. The topological polar surface area (TPSA) is 130 Å². The van der Waals surface area contributed by atoms with Crippen LogP contribution in [-0.4, -0.2) is 28.6 Å². The lowest BCUT2D eigenvalue weighted by molar-refractivity contribution is -0.152. The van der Waals surface area contributed by atoms with Crippen molar-refractivity contribution in [3.63, 3.8) is 0 Å². The summed E-state index contributed by atoms with van der Waals surface area (Å²) in [6.45, 7) is 3.02. The Hall–Kier alpha value is -3.07. The van der Waals surface area contributed by atoms with Gasteiger partial charge in [-0.25, -0.2) is 9.78 Å². The van der Waals surface area contributed by atoms with Crippen molar-refractivity contribution < 1.29 is 14.3 Å². The highest BCUT2D eigenvalue weighted by Crippen LogP contribution is 2.40. The van der Waals surface area contributed by atoms with Crippen LogP contribution in [0.5, 0.6) is 0 Å². The standard InChI is InChI=1S/C19H15ClN4O3S/c1-19(2,15(25)18(26)27-3)28-17-13(9-22)14(12(8-21)16(23)24-17)10-4-6-11(20)7-5-10/h4-7H,1-3H3,(H2,23,24). The number of nitrogens with zero attached hydrogens (tertiary/aromatic N) is 3. The number of hydrogen-bond donors (Lipinski definition) is 1. The minimum Gasteiger partial charge on any atom is -0.463 e. The zero-order valence-corrected chi connectivity index (χ0v) is 16.8. The normalized spacial score (nSPS) is 10.6. The Morgan fingerprint density at radius 1 is 1.18 bits per heavy atom. The van der Waals surface area contributed by atoms with Crippen molar-refractivity contribution in [1.82, 2.24) is 4.98 Å². The van der Waals surface area contributed by atoms with Gasteiger partial charge in [0.05, 0.1) is 17.4 Å². The maximum Gasteiger partial charge on any atom is 0.375 e. The Kier molecular flexibility index (Phi) is 6.30. The number of rotatable bonds is 5. The third-order valence-corrected chi connectivity index (χ3v) is 5.25. The summed E-state index contributed by atoms with van der Waals surface area (Å²) in [5.41, 5.74) is 6.90. The van der Waals surface area contributed by atoms with E-state index in [-0.39, 0.29) is 27.5 Å². The molecule has 0 aliphatic rings. The molecule has 1 aromatic heterocycles. The summed E-state index contributed by atoms with van der Waals surface area (Å²) < 4.78 is 3.22. The molecule has 0 saturated carbocycles. The van der Waals surface area contributed by atoms with Gasteiger partial charge in [0.15, 0.2) is 0 Å². The van der Waals surface area contributed by atoms with Gasteiger partial charge in [-0.15, -0.1) is 0 Å². The fourth-order valence-electron chi connectivity index (χ4n) is 2.40. The molecule has 0 aliphatic carbocycles. The molecule has 0 amide bonds. The fourth-order valence-corrected chi connectivity index (χ4v) is 3.58. The number of esters is 1. The van der Waals surface area contributed by atoms with Crippen molar-refractivity contribution in [1.29, 1.82) is 10.5 Å². The van der Waals surface area contributed by atoms with E-state index in [0.717, 1.165) is 18.9 Å². The van der Waals surface area contributed by atoms with Crippen LogP contribution >= 0.6 is 23.4 Å². The van der Waals surface area contributed by atoms with Crippen LogP contribution in [0.2, 0.25) is 5.02 Å². The van der Waals surface area contributed by atoms with E-state index in [0.29, 0.717) is 10.6 Å². The molecule has 0 saturated heterocycles. The third kappa shape index (κ3) is 4.09. The quantitative estimate of drug-likeness (QED) is 0.447. The number of anilines is 1. The van der Waals surface area contributed by atoms with Crippen LogP contribution < -0.4 is 5.73 Å². The van der Waals surface area contributed by atoms with Gasteiger partial charge in [0.2, 0.25) is 0 Å². The highest BCUT2D eigenvalue weighted by molar-refractivity contribution is 8.01. The molecule has 2 rings (SSSR count). The molecule has 0 radical (unpaired) electrons. The van der Waals surface area contributed by atoms with E-state index < -0.39 is 16.5 Å². The molecule has 0 unspecified atom stereocenters. The van der Waals surface area contributed by atoms with Gasteiger partial charge in [-0.2, -0.15) is 10.5 Å². The first kappa shape index (κ1) is 21.2. The van der Waals surface area contributed by atoms with Crippen molar-refractivity contribution >= 4 is 40.9 Å². The smallest absolute Gasteiger partial charge is 0.375 e. The van der Waals surface area contributed by atoms with Gasteiger partial charge in [0, 0.05) is 10.6 Å². The predicted octanol–water partition coefficient (Wildman–Crippen LogP) is 3.34. The number of nitrogen functional groups attached to an aromatic ring is 1. The highest BCUT2D eigenvalue weighted by Gasteiger charge is 2.37. The summed E-state index contributed by atoms with van der Waals surface area (Å²) in [5.74, 6) is -1.88. The average molecular weight is 415 g/mol. The van der Waals surface area contributed by atoms with E-state index in [9.17, 15) is 20.1 Å². The molecule has 0 bridgehead atoms. The lowest BCUT2D eigenvalue weighted by Gasteiger charge is -2.22. The van der Waals surface area contributed by atoms with Gasteiger partial charge < -0.3 is 10.5 Å². The number of carbonyl (C=O) groups is 2. The summed E-state index contributed by atoms with van der Waals surface area (Å²) in [5, 5.41) is 19.9. The van der Waals surface area contributed by atoms with Crippen LogP contribution in [0.4, 0.5) is 5.82 Å². The van der Waals surface area contributed by atoms with Gasteiger partial charge in [0.25, 0.3) is 5.78 Å². The number of nitrogens with two attached hydrogens (primary N) is 1. The van der Waals surface area contributed by atoms with E-state index in [4.69, 9.17) is 17.3 Å². The van der Waals surface area contributed by atoms with Crippen molar-refractivity contribution in [3.8, 4) is 23.3 Å². The molecule has 7 nitrogen and oxygen atoms in total. The van der Waals surface area contributed by atoms with Crippen molar-refractivity contribution in [2.75, 3.05) is 12.8 Å². The summed E-state index contributed by atoms with van der Waals surface area (Å²) >= 11 is 6.82. The molecule has 1 aromatic carbocycles. The van der Waals surface area contributed by atoms with Gasteiger partial charge in [-0.3, -0.25) is 4.79 Å². The molecule has 0 spiro atoms. The lowest BCUT2D eigenvalue weighted by Crippen LogP contribution is -2.35. The Balaban J connectivity index is 2.69. The number of benzene rings is 1. The summed E-state index contributed by atoms with van der Waals surface area (Å²) in [6, 6.07) is 10.5. The molecular formula is C19H15ClN4O3S. The summed E-state index contributed by atoms with van der Waals surface area (Å²) in [4.78, 5) is 28.1. The second kappa shape index (κ2) is 8.30. The largest absolute Gasteiger partial charge is 0.463 e. The second-order valence-corrected chi connectivity index (χ2v) is 8.14. The van der Waals surface area contributed by atoms with Gasteiger partial charge in [0.1, 0.15) is 28.5 Å². The molecule has 2 N–H and O–H groups in total. The minimum absolute atomic E-state index is 0.0420. The number of thioether (sulfide) groups is 1. The Labute approximate surface area is 171 Å². The zero-order chi connectivity index (χ0) is 21.1. The molecule has 0 fully saturated rings. The van der Waals surface area contributed by atoms with Crippen LogP contribution in [0, 0.1) is 22.7 Å². The molecule has 1 heterocycles. The first-order valence-corrected chi connectivity index (χ1v) is 9.07. The summed E-state index contributed by atoms with van der Waals surface area (Å²) in [6.07, 6.45) is 0. The monoisotopic (exact) mass is 414 g/mol. The third-order valence-electron chi connectivity index (χ3n) is 3.82. The number of halogens is 1. The first-order valence-electron chi connectivity index (χ1n) is 7.87. The molecule has 2 aromatic rings. The molecule has 28 heavy (non-hydrogen) atoms. The van der Waals surface area contributed by atoms with Crippen LogP contribution in [-0.2, 0) is 14.3 Å². The van der Waals surface area contributed by atoms with Crippen molar-refractivity contribution in [2.24, 2.45) is 0 Å². The predicted molar refractivity (Wildman–Crippen MR) is 105 cm³/mol. The van der Waals surface area contributed by atoms with E-state index in [1.165, 1.54) is 13.8 Å². The number of nitriles is 2. The lowest BCUT2D eigenvalue weighted by atomic mass is 9.97. The molecule has 9 heteroatoms. The molecular weight excluding hydrogens is 400 g/mol. The maximum absolute atomic E-state index is 12.3. The number of pyridine rings is 1. The second-order valence-electron chi connectivity index (χ2n) is 6.09.